The summed E-state index contributed by atoms with van der Waals surface area (Å²) in [6.07, 6.45) is 11.9. The molecule has 1 aliphatic carbocycles. The van der Waals surface area contributed by atoms with Crippen LogP contribution in [0.15, 0.2) is 70.6 Å². The molecular weight excluding hydrogens is 782 g/mol. The average molecular weight is 834 g/mol. The van der Waals surface area contributed by atoms with Crippen molar-refractivity contribution < 1.29 is 9.59 Å². The molecule has 59 heavy (non-hydrogen) atoms. The van der Waals surface area contributed by atoms with Gasteiger partial charge < -0.3 is 20.4 Å². The van der Waals surface area contributed by atoms with Crippen LogP contribution in [0.5, 0.6) is 0 Å². The largest absolute Gasteiger partial charge is 0.372 e. The average Bonchev–Trinajstić information content (AvgIpc) is 3.21. The maximum atomic E-state index is 12.7. The van der Waals surface area contributed by atoms with Crippen LogP contribution >= 0.6 is 23.4 Å². The minimum absolute atomic E-state index is 0.0877. The van der Waals surface area contributed by atoms with Gasteiger partial charge in [-0.1, -0.05) is 11.6 Å². The molecule has 2 amide bonds. The number of nitrogens with zero attached hydrogens (tertiary/aromatic N) is 6. The number of aromatic nitrogens is 4. The zero-order valence-electron chi connectivity index (χ0n) is 34.0. The number of rotatable bonds is 10. The Kier molecular flexibility index (Phi) is 11.0. The fraction of sp³-hybridized carbons (Fsp3) is 0.467. The lowest BCUT2D eigenvalue weighted by atomic mass is 9.63. The Balaban J connectivity index is 0.738. The van der Waals surface area contributed by atoms with Crippen molar-refractivity contribution in [3.8, 4) is 0 Å². The number of thioether (sulfide) groups is 1. The Hall–Kier alpha value is -4.72. The molecule has 14 heteroatoms. The summed E-state index contributed by atoms with van der Waals surface area (Å²) in [5.74, 6) is 0.669. The molecule has 4 fully saturated rings. The summed E-state index contributed by atoms with van der Waals surface area (Å²) in [6.45, 7) is 11.6. The number of halogens is 1. The predicted molar refractivity (Wildman–Crippen MR) is 237 cm³/mol. The SMILES string of the molecule is Cc1cc(SC2CC3(CCN(CC4CCN(c5ccc(NC6CCC(=O)NC6=O)c6ncccc56)CC4)CC3)C2)ccc1Nc1ncc2cc(Cl)c(=O)n(C(C)C)c2n1. The number of piperidine rings is 3. The number of amides is 2. The van der Waals surface area contributed by atoms with Crippen LogP contribution in [0.3, 0.4) is 0 Å². The third kappa shape index (κ3) is 8.25. The summed E-state index contributed by atoms with van der Waals surface area (Å²) in [4.78, 5) is 57.3. The molecule has 12 nitrogen and oxygen atoms in total. The van der Waals surface area contributed by atoms with Gasteiger partial charge in [-0.2, -0.15) is 4.98 Å². The van der Waals surface area contributed by atoms with E-state index in [1.807, 2.05) is 37.7 Å². The van der Waals surface area contributed by atoms with Gasteiger partial charge in [0.2, 0.25) is 17.8 Å². The number of hydrogen-bond acceptors (Lipinski definition) is 11. The maximum Gasteiger partial charge on any atom is 0.271 e. The Bertz CT molecular complexity index is 2470. The molecule has 4 aliphatic rings. The molecule has 0 bridgehead atoms. The third-order valence-corrected chi connectivity index (χ3v) is 14.5. The molecule has 3 aliphatic heterocycles. The van der Waals surface area contributed by atoms with Crippen molar-refractivity contribution in [1.82, 2.24) is 29.7 Å². The molecule has 3 aromatic heterocycles. The van der Waals surface area contributed by atoms with Gasteiger partial charge in [-0.25, -0.2) is 4.98 Å². The number of carbonyl (C=O) groups excluding carboxylic acids is 2. The van der Waals surface area contributed by atoms with E-state index in [2.05, 4.69) is 68.0 Å². The van der Waals surface area contributed by atoms with E-state index in [0.717, 1.165) is 46.3 Å². The van der Waals surface area contributed by atoms with Crippen molar-refractivity contribution in [1.29, 1.82) is 0 Å². The minimum atomic E-state index is -0.442. The van der Waals surface area contributed by atoms with E-state index in [9.17, 15) is 14.4 Å². The summed E-state index contributed by atoms with van der Waals surface area (Å²) >= 11 is 8.22. The Labute approximate surface area is 353 Å². The van der Waals surface area contributed by atoms with Crippen molar-refractivity contribution in [2.45, 2.75) is 94.4 Å². The molecule has 1 saturated carbocycles. The summed E-state index contributed by atoms with van der Waals surface area (Å²) in [5.41, 5.74) is 5.78. The Morgan fingerprint density at radius 1 is 0.966 bits per heavy atom. The lowest BCUT2D eigenvalue weighted by Crippen LogP contribution is -2.49. The molecule has 3 saturated heterocycles. The highest BCUT2D eigenvalue weighted by atomic mass is 35.5. The predicted octanol–water partition coefficient (Wildman–Crippen LogP) is 8.10. The van der Waals surface area contributed by atoms with E-state index in [-0.39, 0.29) is 28.4 Å². The van der Waals surface area contributed by atoms with Crippen molar-refractivity contribution in [2.75, 3.05) is 48.3 Å². The second kappa shape index (κ2) is 16.4. The zero-order valence-corrected chi connectivity index (χ0v) is 35.5. The van der Waals surface area contributed by atoms with E-state index >= 15 is 0 Å². The highest BCUT2D eigenvalue weighted by molar-refractivity contribution is 8.00. The molecule has 5 aromatic rings. The fourth-order valence-corrected chi connectivity index (χ4v) is 11.5. The van der Waals surface area contributed by atoms with Crippen LogP contribution in [-0.2, 0) is 9.59 Å². The van der Waals surface area contributed by atoms with Crippen LogP contribution in [0.2, 0.25) is 5.02 Å². The number of likely N-dealkylation sites (tertiary alicyclic amines) is 1. The van der Waals surface area contributed by atoms with E-state index in [1.54, 1.807) is 23.0 Å². The number of anilines is 4. The third-order valence-electron chi connectivity index (χ3n) is 13.0. The summed E-state index contributed by atoms with van der Waals surface area (Å²) < 4.78 is 1.62. The monoisotopic (exact) mass is 833 g/mol. The number of fused-ring (bicyclic) bond motifs is 2. The first kappa shape index (κ1) is 39.7. The molecule has 2 aromatic carbocycles. The second-order valence-corrected chi connectivity index (χ2v) is 19.2. The normalized spacial score (nSPS) is 20.4. The van der Waals surface area contributed by atoms with Crippen LogP contribution in [-0.4, -0.2) is 80.2 Å². The smallest absolute Gasteiger partial charge is 0.271 e. The Morgan fingerprint density at radius 3 is 2.49 bits per heavy atom. The topological polar surface area (TPSA) is 137 Å². The summed E-state index contributed by atoms with van der Waals surface area (Å²) in [5, 5.41) is 11.8. The van der Waals surface area contributed by atoms with Crippen LogP contribution in [0.25, 0.3) is 21.9 Å². The fourth-order valence-electron chi connectivity index (χ4n) is 9.69. The van der Waals surface area contributed by atoms with Crippen molar-refractivity contribution in [3.05, 3.63) is 81.9 Å². The summed E-state index contributed by atoms with van der Waals surface area (Å²) in [7, 11) is 0. The molecule has 6 heterocycles. The van der Waals surface area contributed by atoms with Crippen LogP contribution in [0.4, 0.5) is 23.0 Å². The second-order valence-electron chi connectivity index (χ2n) is 17.4. The highest BCUT2D eigenvalue weighted by Crippen LogP contribution is 2.55. The molecule has 0 radical (unpaired) electrons. The number of hydrogen-bond donors (Lipinski definition) is 3. The van der Waals surface area contributed by atoms with Gasteiger partial charge in [0.1, 0.15) is 16.7 Å². The lowest BCUT2D eigenvalue weighted by molar-refractivity contribution is -0.133. The number of aryl methyl sites for hydroxylation is 1. The van der Waals surface area contributed by atoms with Crippen molar-refractivity contribution in [2.24, 2.45) is 11.3 Å². The molecule has 1 atom stereocenters. The van der Waals surface area contributed by atoms with E-state index in [0.29, 0.717) is 41.0 Å². The van der Waals surface area contributed by atoms with Crippen molar-refractivity contribution >= 4 is 80.1 Å². The minimum Gasteiger partial charge on any atom is -0.372 e. The number of carbonyl (C=O) groups is 2. The number of nitrogens with one attached hydrogen (secondary N) is 3. The number of imide groups is 1. The highest BCUT2D eigenvalue weighted by Gasteiger charge is 2.46. The van der Waals surface area contributed by atoms with Crippen LogP contribution in [0, 0.1) is 18.3 Å². The molecule has 9 rings (SSSR count). The first-order valence-electron chi connectivity index (χ1n) is 21.1. The molecule has 308 valence electrons. The van der Waals surface area contributed by atoms with Gasteiger partial charge in [0, 0.05) is 76.8 Å². The van der Waals surface area contributed by atoms with Gasteiger partial charge in [-0.3, -0.25) is 29.3 Å². The number of benzene rings is 2. The van der Waals surface area contributed by atoms with Gasteiger partial charge in [0.15, 0.2) is 0 Å². The van der Waals surface area contributed by atoms with Gasteiger partial charge in [-0.15, -0.1) is 11.8 Å². The number of pyridine rings is 2. The Morgan fingerprint density at radius 2 is 1.75 bits per heavy atom. The first-order valence-corrected chi connectivity index (χ1v) is 22.3. The quantitative estimate of drug-likeness (QED) is 0.118. The van der Waals surface area contributed by atoms with Crippen LogP contribution in [0.1, 0.15) is 76.8 Å². The lowest BCUT2D eigenvalue weighted by Gasteiger charge is -2.52. The molecule has 3 N–H and O–H groups in total. The van der Waals surface area contributed by atoms with Gasteiger partial charge in [0.05, 0.1) is 11.2 Å². The van der Waals surface area contributed by atoms with E-state index in [1.165, 1.54) is 68.7 Å². The molecule has 1 unspecified atom stereocenters. The van der Waals surface area contributed by atoms with E-state index < -0.39 is 6.04 Å². The first-order chi connectivity index (χ1) is 28.5. The zero-order chi connectivity index (χ0) is 40.8. The van der Waals surface area contributed by atoms with Gasteiger partial charge >= 0.3 is 0 Å². The van der Waals surface area contributed by atoms with Gasteiger partial charge in [0.25, 0.3) is 5.56 Å². The molecule has 1 spiro atoms. The molecular formula is C45H52ClN9O3S. The standard InChI is InChI=1S/C45H52ClN9O3S/c1-27(2)55-41-30(22-34(46)43(55)58)25-48-44(52-41)50-35-7-6-31(21-28(35)3)59-32-23-45(24-32)14-19-53(20-15-45)26-29-12-17-54(18-13-29)38-10-8-36(40-33(38)5-4-16-47-40)49-37-9-11-39(56)51-42(37)57/h4-8,10,16,21-22,25,27,29,32,37,49H,9,11-15,17-20,23-24,26H2,1-3H3,(H,48,50,52)(H,51,56,57). The van der Waals surface area contributed by atoms with Crippen LogP contribution < -0.4 is 26.4 Å². The van der Waals surface area contributed by atoms with E-state index in [4.69, 9.17) is 21.6 Å². The maximum absolute atomic E-state index is 12.7. The summed E-state index contributed by atoms with van der Waals surface area (Å²) in [6, 6.07) is 16.0. The van der Waals surface area contributed by atoms with Crippen molar-refractivity contribution in [3.63, 3.8) is 0 Å². The van der Waals surface area contributed by atoms with Gasteiger partial charge in [-0.05, 0) is 144 Å².